The third-order valence-corrected chi connectivity index (χ3v) is 7.99. The lowest BCUT2D eigenvalue weighted by molar-refractivity contribution is -0.135. The fourth-order valence-corrected chi connectivity index (χ4v) is 5.60. The Bertz CT molecular complexity index is 1180. The zero-order valence-electron chi connectivity index (χ0n) is 24.3. The van der Waals surface area contributed by atoms with E-state index in [4.69, 9.17) is 4.74 Å². The van der Waals surface area contributed by atoms with Crippen LogP contribution in [-0.2, 0) is 29.0 Å². The molecule has 3 aromatic rings. The van der Waals surface area contributed by atoms with Crippen LogP contribution in [-0.4, -0.2) is 59.0 Å². The van der Waals surface area contributed by atoms with E-state index in [2.05, 4.69) is 54.1 Å². The Morgan fingerprint density at radius 2 is 1.68 bits per heavy atom. The van der Waals surface area contributed by atoms with Crippen molar-refractivity contribution in [1.29, 1.82) is 0 Å². The number of methoxy groups -OCH3 is 1. The number of ether oxygens (including phenoxy) is 1. The van der Waals surface area contributed by atoms with Gasteiger partial charge in [0, 0.05) is 43.7 Å². The van der Waals surface area contributed by atoms with E-state index in [0.29, 0.717) is 25.3 Å². The number of nitrogens with zero attached hydrogens (tertiary/aromatic N) is 3. The Balaban J connectivity index is 1.51. The van der Waals surface area contributed by atoms with Crippen LogP contribution >= 0.6 is 0 Å². The first-order chi connectivity index (χ1) is 19.6. The van der Waals surface area contributed by atoms with Gasteiger partial charge in [-0.15, -0.1) is 0 Å². The molecule has 0 saturated heterocycles. The summed E-state index contributed by atoms with van der Waals surface area (Å²) in [5, 5.41) is 0. The molecule has 0 unspecified atom stereocenters. The number of aryl methyl sites for hydroxylation is 1. The van der Waals surface area contributed by atoms with Crippen LogP contribution in [0.5, 0.6) is 0 Å². The number of aromatic nitrogens is 1. The molecule has 0 bridgehead atoms. The zero-order chi connectivity index (χ0) is 28.2. The molecule has 0 spiro atoms. The van der Waals surface area contributed by atoms with E-state index < -0.39 is 0 Å². The smallest absolute Gasteiger partial charge is 0.254 e. The lowest BCUT2D eigenvalue weighted by Gasteiger charge is -2.36. The van der Waals surface area contributed by atoms with Gasteiger partial charge in [0.15, 0.2) is 0 Å². The quantitative estimate of drug-likeness (QED) is 0.239. The number of hydrogen-bond donors (Lipinski definition) is 0. The van der Waals surface area contributed by atoms with E-state index in [1.54, 1.807) is 12.0 Å². The van der Waals surface area contributed by atoms with Crippen LogP contribution in [0.25, 0.3) is 0 Å². The second kappa shape index (κ2) is 15.4. The Kier molecular flexibility index (Phi) is 11.4. The van der Waals surface area contributed by atoms with Gasteiger partial charge in [-0.3, -0.25) is 9.59 Å². The highest BCUT2D eigenvalue weighted by Gasteiger charge is 2.29. The Morgan fingerprint density at radius 3 is 2.38 bits per heavy atom. The Morgan fingerprint density at radius 1 is 0.925 bits per heavy atom. The third kappa shape index (κ3) is 8.31. The summed E-state index contributed by atoms with van der Waals surface area (Å²) in [5.74, 6) is -0.119. The van der Waals surface area contributed by atoms with Gasteiger partial charge in [-0.1, -0.05) is 75.1 Å². The first-order valence-corrected chi connectivity index (χ1v) is 14.9. The number of unbranched alkanes of at least 4 members (excludes halogenated alkanes) is 1. The lowest BCUT2D eigenvalue weighted by Crippen LogP contribution is -2.48. The van der Waals surface area contributed by atoms with Crippen LogP contribution < -0.4 is 0 Å². The van der Waals surface area contributed by atoms with Gasteiger partial charge in [0.25, 0.3) is 5.91 Å². The summed E-state index contributed by atoms with van der Waals surface area (Å²) >= 11 is 0. The van der Waals surface area contributed by atoms with Gasteiger partial charge in [0.1, 0.15) is 6.54 Å². The highest BCUT2D eigenvalue weighted by atomic mass is 16.5. The van der Waals surface area contributed by atoms with Crippen molar-refractivity contribution in [3.05, 3.63) is 95.3 Å². The Hall–Kier alpha value is -3.38. The van der Waals surface area contributed by atoms with Gasteiger partial charge in [-0.25, -0.2) is 0 Å². The minimum atomic E-state index is -0.122. The van der Waals surface area contributed by atoms with Gasteiger partial charge in [-0.05, 0) is 61.1 Å². The number of rotatable bonds is 14. The van der Waals surface area contributed by atoms with Crippen molar-refractivity contribution in [2.24, 2.45) is 0 Å². The molecular weight excluding hydrogens is 498 g/mol. The van der Waals surface area contributed by atoms with E-state index in [0.717, 1.165) is 57.2 Å². The van der Waals surface area contributed by atoms with Gasteiger partial charge in [0.2, 0.25) is 5.91 Å². The SMILES string of the molecule is CCCCc1ccc(C(=O)N(CCOC)CC(=O)N(Cc2cccn2Cc2ccccc2)C2CCCCC2)cc1. The normalized spacial score (nSPS) is 13.8. The maximum absolute atomic E-state index is 14.0. The van der Waals surface area contributed by atoms with Crippen molar-refractivity contribution in [2.75, 3.05) is 26.8 Å². The lowest BCUT2D eigenvalue weighted by atomic mass is 9.94. The van der Waals surface area contributed by atoms with Crippen LogP contribution in [0, 0.1) is 0 Å². The molecule has 0 atom stereocenters. The van der Waals surface area contributed by atoms with E-state index >= 15 is 0 Å². The van der Waals surface area contributed by atoms with Crippen LogP contribution in [0.4, 0.5) is 0 Å². The van der Waals surface area contributed by atoms with Crippen molar-refractivity contribution in [3.8, 4) is 0 Å². The summed E-state index contributed by atoms with van der Waals surface area (Å²) in [6, 6.07) is 22.6. The molecule has 2 aromatic carbocycles. The second-order valence-corrected chi connectivity index (χ2v) is 10.9. The van der Waals surface area contributed by atoms with Gasteiger partial charge < -0.3 is 19.1 Å². The molecular formula is C34H45N3O3. The number of carbonyl (C=O) groups excluding carboxylic acids is 2. The van der Waals surface area contributed by atoms with E-state index in [-0.39, 0.29) is 24.4 Å². The largest absolute Gasteiger partial charge is 0.383 e. The average Bonchev–Trinajstić information content (AvgIpc) is 3.44. The molecule has 40 heavy (non-hydrogen) atoms. The molecule has 2 amide bonds. The topological polar surface area (TPSA) is 54.8 Å². The zero-order valence-corrected chi connectivity index (χ0v) is 24.3. The summed E-state index contributed by atoms with van der Waals surface area (Å²) in [7, 11) is 1.63. The molecule has 6 heteroatoms. The molecule has 1 saturated carbocycles. The first kappa shape index (κ1) is 29.6. The fraction of sp³-hybridized carbons (Fsp3) is 0.471. The molecule has 6 nitrogen and oxygen atoms in total. The Labute approximate surface area is 239 Å². The molecule has 1 heterocycles. The van der Waals surface area contributed by atoms with Crippen molar-refractivity contribution in [1.82, 2.24) is 14.4 Å². The van der Waals surface area contributed by atoms with Crippen LogP contribution in [0.3, 0.4) is 0 Å². The standard InChI is InChI=1S/C34H45N3O3/c1-3-4-12-28-18-20-30(21-19-28)34(39)36(23-24-40-2)27-33(38)37(31-15-9-6-10-16-31)26-32-17-11-22-35(32)25-29-13-7-5-8-14-29/h5,7-8,11,13-14,17-22,31H,3-4,6,9-10,12,15-16,23-27H2,1-2H3. The summed E-state index contributed by atoms with van der Waals surface area (Å²) in [4.78, 5) is 31.3. The van der Waals surface area contributed by atoms with Crippen molar-refractivity contribution >= 4 is 11.8 Å². The highest BCUT2D eigenvalue weighted by Crippen LogP contribution is 2.25. The maximum Gasteiger partial charge on any atom is 0.254 e. The maximum atomic E-state index is 14.0. The number of carbonyl (C=O) groups is 2. The van der Waals surface area contributed by atoms with E-state index in [1.807, 2.05) is 35.2 Å². The first-order valence-electron chi connectivity index (χ1n) is 14.9. The predicted molar refractivity (Wildman–Crippen MR) is 160 cm³/mol. The summed E-state index contributed by atoms with van der Waals surface area (Å²) < 4.78 is 7.54. The predicted octanol–water partition coefficient (Wildman–Crippen LogP) is 6.33. The van der Waals surface area contributed by atoms with Crippen molar-refractivity contribution in [2.45, 2.75) is 77.4 Å². The van der Waals surface area contributed by atoms with E-state index in [1.165, 1.54) is 17.5 Å². The van der Waals surface area contributed by atoms with Gasteiger partial charge in [0.05, 0.1) is 13.2 Å². The summed E-state index contributed by atoms with van der Waals surface area (Å²) in [6.07, 6.45) is 10.9. The summed E-state index contributed by atoms with van der Waals surface area (Å²) in [6.45, 7) is 4.30. The van der Waals surface area contributed by atoms with Crippen LogP contribution in [0.15, 0.2) is 72.9 Å². The second-order valence-electron chi connectivity index (χ2n) is 10.9. The number of hydrogen-bond acceptors (Lipinski definition) is 3. The van der Waals surface area contributed by atoms with Gasteiger partial charge >= 0.3 is 0 Å². The van der Waals surface area contributed by atoms with Crippen molar-refractivity contribution in [3.63, 3.8) is 0 Å². The molecule has 1 aliphatic carbocycles. The van der Waals surface area contributed by atoms with Crippen molar-refractivity contribution < 1.29 is 14.3 Å². The molecule has 0 radical (unpaired) electrons. The average molecular weight is 544 g/mol. The molecule has 1 aliphatic rings. The molecule has 1 aromatic heterocycles. The number of benzene rings is 2. The van der Waals surface area contributed by atoms with E-state index in [9.17, 15) is 9.59 Å². The third-order valence-electron chi connectivity index (χ3n) is 7.99. The molecule has 0 aliphatic heterocycles. The molecule has 214 valence electrons. The summed E-state index contributed by atoms with van der Waals surface area (Å²) in [5.41, 5.74) is 4.19. The minimum Gasteiger partial charge on any atom is -0.383 e. The number of amides is 2. The van der Waals surface area contributed by atoms with Crippen LogP contribution in [0.1, 0.15) is 79.0 Å². The molecule has 1 fully saturated rings. The molecule has 0 N–H and O–H groups in total. The molecule has 4 rings (SSSR count). The fourth-order valence-electron chi connectivity index (χ4n) is 5.60. The monoisotopic (exact) mass is 543 g/mol. The highest BCUT2D eigenvalue weighted by molar-refractivity contribution is 5.96. The van der Waals surface area contributed by atoms with Gasteiger partial charge in [-0.2, -0.15) is 0 Å². The minimum absolute atomic E-state index is 0.00313. The van der Waals surface area contributed by atoms with Crippen LogP contribution in [0.2, 0.25) is 0 Å².